The number of carboxylic acid groups (broad SMARTS) is 1. The van der Waals surface area contributed by atoms with Gasteiger partial charge in [-0.25, -0.2) is 9.78 Å². The van der Waals surface area contributed by atoms with Gasteiger partial charge in [-0.3, -0.25) is 0 Å². The van der Waals surface area contributed by atoms with Gasteiger partial charge in [-0.2, -0.15) is 11.8 Å². The number of nitrogens with two attached hydrogens (primary N) is 1. The maximum absolute atomic E-state index is 10.9. The molecule has 0 aliphatic carbocycles. The van der Waals surface area contributed by atoms with Gasteiger partial charge >= 0.3 is 5.97 Å². The highest BCUT2D eigenvalue weighted by atomic mass is 32.2. The van der Waals surface area contributed by atoms with Crippen molar-refractivity contribution >= 4 is 29.2 Å². The molecule has 1 atom stereocenters. The molecule has 1 saturated heterocycles. The topological polar surface area (TPSA) is 88.2 Å². The monoisotopic (exact) mass is 253 g/mol. The first-order valence-corrected chi connectivity index (χ1v) is 6.65. The van der Waals surface area contributed by atoms with Crippen LogP contribution in [0.4, 0.5) is 11.5 Å². The zero-order valence-electron chi connectivity index (χ0n) is 9.35. The molecule has 2 heterocycles. The van der Waals surface area contributed by atoms with Gasteiger partial charge in [0.05, 0.1) is 17.4 Å². The molecule has 4 N–H and O–H groups in total. The SMILES string of the molecule is Nc1cnc(NC2CCCSC2)cc1C(=O)O. The van der Waals surface area contributed by atoms with Crippen LogP contribution in [-0.2, 0) is 0 Å². The second-order valence-electron chi connectivity index (χ2n) is 4.02. The Morgan fingerprint density at radius 2 is 2.47 bits per heavy atom. The second kappa shape index (κ2) is 5.27. The molecule has 0 bridgehead atoms. The Hall–Kier alpha value is -1.43. The van der Waals surface area contributed by atoms with E-state index in [-0.39, 0.29) is 11.3 Å². The Morgan fingerprint density at radius 1 is 1.65 bits per heavy atom. The first-order chi connectivity index (χ1) is 8.16. The molecule has 0 aromatic carbocycles. The van der Waals surface area contributed by atoms with Crippen molar-refractivity contribution in [3.8, 4) is 0 Å². The molecule has 0 radical (unpaired) electrons. The van der Waals surface area contributed by atoms with E-state index in [0.717, 1.165) is 12.2 Å². The van der Waals surface area contributed by atoms with Crippen LogP contribution in [0.2, 0.25) is 0 Å². The summed E-state index contributed by atoms with van der Waals surface area (Å²) in [5.74, 6) is 1.80. The Bertz CT molecular complexity index is 419. The number of carboxylic acids is 1. The van der Waals surface area contributed by atoms with Crippen molar-refractivity contribution in [1.29, 1.82) is 0 Å². The molecule has 92 valence electrons. The number of anilines is 2. The fourth-order valence-electron chi connectivity index (χ4n) is 1.79. The number of aromatic nitrogens is 1. The summed E-state index contributed by atoms with van der Waals surface area (Å²) in [5.41, 5.74) is 5.85. The Kier molecular flexibility index (Phi) is 3.73. The van der Waals surface area contributed by atoms with Crippen LogP contribution in [0.15, 0.2) is 12.3 Å². The summed E-state index contributed by atoms with van der Waals surface area (Å²) in [7, 11) is 0. The average Bonchev–Trinajstić information content (AvgIpc) is 2.32. The lowest BCUT2D eigenvalue weighted by Gasteiger charge is -2.23. The first-order valence-electron chi connectivity index (χ1n) is 5.50. The second-order valence-corrected chi connectivity index (χ2v) is 5.17. The van der Waals surface area contributed by atoms with Crippen molar-refractivity contribution in [3.05, 3.63) is 17.8 Å². The van der Waals surface area contributed by atoms with Gasteiger partial charge in [-0.1, -0.05) is 0 Å². The summed E-state index contributed by atoms with van der Waals surface area (Å²) >= 11 is 1.90. The zero-order valence-corrected chi connectivity index (χ0v) is 10.2. The molecule has 2 rings (SSSR count). The standard InChI is InChI=1S/C11H15N3O2S/c12-9-5-13-10(4-8(9)11(15)16)14-7-2-1-3-17-6-7/h4-5,7H,1-3,6,12H2,(H,13,14)(H,15,16). The highest BCUT2D eigenvalue weighted by Crippen LogP contribution is 2.21. The normalized spacial score (nSPS) is 19.9. The summed E-state index contributed by atoms with van der Waals surface area (Å²) in [4.78, 5) is 15.0. The molecular weight excluding hydrogens is 238 g/mol. The zero-order chi connectivity index (χ0) is 12.3. The molecule has 1 unspecified atom stereocenters. The average molecular weight is 253 g/mol. The van der Waals surface area contributed by atoms with E-state index in [1.165, 1.54) is 24.4 Å². The summed E-state index contributed by atoms with van der Waals surface area (Å²) in [6.07, 6.45) is 3.67. The smallest absolute Gasteiger partial charge is 0.337 e. The van der Waals surface area contributed by atoms with E-state index >= 15 is 0 Å². The van der Waals surface area contributed by atoms with Gasteiger partial charge in [-0.05, 0) is 24.7 Å². The minimum absolute atomic E-state index is 0.103. The summed E-state index contributed by atoms with van der Waals surface area (Å²) in [6, 6.07) is 1.86. The molecule has 6 heteroatoms. The molecule has 17 heavy (non-hydrogen) atoms. The molecule has 1 aliphatic heterocycles. The van der Waals surface area contributed by atoms with Crippen molar-refractivity contribution in [2.24, 2.45) is 0 Å². The van der Waals surface area contributed by atoms with Crippen molar-refractivity contribution < 1.29 is 9.90 Å². The number of hydrogen-bond acceptors (Lipinski definition) is 5. The minimum Gasteiger partial charge on any atom is -0.478 e. The van der Waals surface area contributed by atoms with Crippen LogP contribution in [0.3, 0.4) is 0 Å². The van der Waals surface area contributed by atoms with Crippen molar-refractivity contribution in [1.82, 2.24) is 4.98 Å². The molecule has 1 fully saturated rings. The van der Waals surface area contributed by atoms with Crippen LogP contribution < -0.4 is 11.1 Å². The van der Waals surface area contributed by atoms with E-state index in [1.807, 2.05) is 11.8 Å². The van der Waals surface area contributed by atoms with E-state index in [0.29, 0.717) is 11.9 Å². The lowest BCUT2D eigenvalue weighted by molar-refractivity contribution is 0.0698. The molecular formula is C11H15N3O2S. The number of nitrogens with zero attached hydrogens (tertiary/aromatic N) is 1. The Labute approximate surface area is 104 Å². The van der Waals surface area contributed by atoms with Crippen molar-refractivity contribution in [2.45, 2.75) is 18.9 Å². The summed E-state index contributed by atoms with van der Waals surface area (Å²) in [6.45, 7) is 0. The molecule has 1 aromatic rings. The van der Waals surface area contributed by atoms with Crippen molar-refractivity contribution in [3.63, 3.8) is 0 Å². The van der Waals surface area contributed by atoms with Crippen LogP contribution in [0.5, 0.6) is 0 Å². The first kappa shape index (κ1) is 12.0. The quantitative estimate of drug-likeness (QED) is 0.759. The van der Waals surface area contributed by atoms with Gasteiger partial charge in [0.25, 0.3) is 0 Å². The number of hydrogen-bond donors (Lipinski definition) is 3. The third-order valence-electron chi connectivity index (χ3n) is 2.68. The third kappa shape index (κ3) is 3.03. The summed E-state index contributed by atoms with van der Waals surface area (Å²) < 4.78 is 0. The van der Waals surface area contributed by atoms with Crippen LogP contribution in [0.1, 0.15) is 23.2 Å². The van der Waals surface area contributed by atoms with Gasteiger partial charge in [-0.15, -0.1) is 0 Å². The van der Waals surface area contributed by atoms with Crippen LogP contribution in [0.25, 0.3) is 0 Å². The van der Waals surface area contributed by atoms with Gasteiger partial charge in [0.15, 0.2) is 0 Å². The minimum atomic E-state index is -1.02. The van der Waals surface area contributed by atoms with Crippen LogP contribution in [0, 0.1) is 0 Å². The lowest BCUT2D eigenvalue weighted by atomic mass is 10.1. The number of thioether (sulfide) groups is 1. The van der Waals surface area contributed by atoms with Gasteiger partial charge < -0.3 is 16.2 Å². The van der Waals surface area contributed by atoms with Crippen molar-refractivity contribution in [2.75, 3.05) is 22.6 Å². The number of nitrogen functional groups attached to an aromatic ring is 1. The molecule has 0 saturated carbocycles. The fraction of sp³-hybridized carbons (Fsp3) is 0.455. The lowest BCUT2D eigenvalue weighted by Crippen LogP contribution is -2.26. The highest BCUT2D eigenvalue weighted by molar-refractivity contribution is 7.99. The largest absolute Gasteiger partial charge is 0.478 e. The highest BCUT2D eigenvalue weighted by Gasteiger charge is 2.15. The van der Waals surface area contributed by atoms with Crippen LogP contribution in [-0.4, -0.2) is 33.6 Å². The molecule has 1 aliphatic rings. The van der Waals surface area contributed by atoms with E-state index in [2.05, 4.69) is 10.3 Å². The predicted molar refractivity (Wildman–Crippen MR) is 69.6 cm³/mol. The Balaban J connectivity index is 2.10. The number of carbonyl (C=O) groups is 1. The van der Waals surface area contributed by atoms with Gasteiger partial charge in [0.2, 0.25) is 0 Å². The number of pyridine rings is 1. The van der Waals surface area contributed by atoms with E-state index in [4.69, 9.17) is 10.8 Å². The fourth-order valence-corrected chi connectivity index (χ4v) is 2.87. The van der Waals surface area contributed by atoms with Crippen LogP contribution >= 0.6 is 11.8 Å². The molecule has 0 spiro atoms. The summed E-state index contributed by atoms with van der Waals surface area (Å²) in [5, 5.41) is 12.2. The van der Waals surface area contributed by atoms with E-state index < -0.39 is 5.97 Å². The maximum atomic E-state index is 10.9. The number of aromatic carboxylic acids is 1. The Morgan fingerprint density at radius 3 is 3.12 bits per heavy atom. The number of nitrogens with one attached hydrogen (secondary N) is 1. The predicted octanol–water partition coefficient (Wildman–Crippen LogP) is 1.67. The van der Waals surface area contributed by atoms with E-state index in [1.54, 1.807) is 0 Å². The molecule has 1 aromatic heterocycles. The third-order valence-corrected chi connectivity index (χ3v) is 3.89. The van der Waals surface area contributed by atoms with Gasteiger partial charge in [0.1, 0.15) is 5.82 Å². The molecule has 5 nitrogen and oxygen atoms in total. The molecule has 0 amide bonds. The number of rotatable bonds is 3. The van der Waals surface area contributed by atoms with Gasteiger partial charge in [0, 0.05) is 11.8 Å². The van der Waals surface area contributed by atoms with E-state index in [9.17, 15) is 4.79 Å². The maximum Gasteiger partial charge on any atom is 0.337 e.